The molecule has 1 atom stereocenters. The first-order chi connectivity index (χ1) is 11.4. The maximum absolute atomic E-state index is 6.90. The predicted molar refractivity (Wildman–Crippen MR) is 103 cm³/mol. The van der Waals surface area contributed by atoms with Crippen molar-refractivity contribution in [3.05, 3.63) is 60.7 Å². The van der Waals surface area contributed by atoms with E-state index in [4.69, 9.17) is 9.16 Å². The van der Waals surface area contributed by atoms with Crippen molar-refractivity contribution in [2.75, 3.05) is 13.2 Å². The second-order valence-electron chi connectivity index (χ2n) is 7.78. The molecule has 0 N–H and O–H groups in total. The highest BCUT2D eigenvalue weighted by atomic mass is 28.4. The van der Waals surface area contributed by atoms with Gasteiger partial charge in [-0.1, -0.05) is 88.4 Å². The zero-order chi connectivity index (χ0) is 17.3. The van der Waals surface area contributed by atoms with Gasteiger partial charge in [0.25, 0.3) is 8.32 Å². The topological polar surface area (TPSA) is 21.8 Å². The Morgan fingerprint density at radius 2 is 1.42 bits per heavy atom. The van der Waals surface area contributed by atoms with Gasteiger partial charge < -0.3 is 9.16 Å². The number of benzene rings is 2. The molecule has 2 aromatic carbocycles. The molecular weight excluding hydrogens is 312 g/mol. The van der Waals surface area contributed by atoms with Crippen LogP contribution in [0.1, 0.15) is 34.1 Å². The Balaban J connectivity index is 2.10. The third-order valence-corrected chi connectivity index (χ3v) is 10.1. The largest absolute Gasteiger partial charge is 0.404 e. The molecule has 0 bridgehead atoms. The van der Waals surface area contributed by atoms with Crippen LogP contribution in [0, 0.1) is 0 Å². The van der Waals surface area contributed by atoms with E-state index in [2.05, 4.69) is 88.4 Å². The molecule has 1 saturated heterocycles. The van der Waals surface area contributed by atoms with Crippen molar-refractivity contribution in [1.29, 1.82) is 0 Å². The summed E-state index contributed by atoms with van der Waals surface area (Å²) in [6.07, 6.45) is 1.01. The highest BCUT2D eigenvalue weighted by Gasteiger charge is 2.53. The maximum atomic E-state index is 6.90. The molecule has 0 aromatic heterocycles. The molecule has 2 aromatic rings. The predicted octanol–water partition coefficient (Wildman–Crippen LogP) is 3.74. The van der Waals surface area contributed by atoms with Crippen molar-refractivity contribution < 1.29 is 9.16 Å². The molecule has 0 aliphatic carbocycles. The van der Waals surface area contributed by atoms with Crippen molar-refractivity contribution in [2.24, 2.45) is 0 Å². The Kier molecular flexibility index (Phi) is 4.69. The number of hydrogen-bond donors (Lipinski definition) is 0. The van der Waals surface area contributed by atoms with E-state index in [1.807, 2.05) is 0 Å². The van der Waals surface area contributed by atoms with Crippen LogP contribution in [0.5, 0.6) is 0 Å². The van der Waals surface area contributed by atoms with E-state index in [1.165, 1.54) is 10.4 Å². The summed E-state index contributed by atoms with van der Waals surface area (Å²) in [6, 6.07) is 21.6. The molecule has 0 radical (unpaired) electrons. The summed E-state index contributed by atoms with van der Waals surface area (Å²) in [5, 5.41) is 2.69. The third-order valence-electron chi connectivity index (χ3n) is 5.17. The molecule has 24 heavy (non-hydrogen) atoms. The van der Waals surface area contributed by atoms with Crippen LogP contribution in [-0.4, -0.2) is 27.1 Å². The monoisotopic (exact) mass is 340 g/mol. The van der Waals surface area contributed by atoms with Crippen molar-refractivity contribution in [3.8, 4) is 0 Å². The normalized spacial score (nSPS) is 20.8. The van der Waals surface area contributed by atoms with Crippen molar-refractivity contribution in [3.63, 3.8) is 0 Å². The molecule has 128 valence electrons. The van der Waals surface area contributed by atoms with Crippen molar-refractivity contribution in [2.45, 2.75) is 44.8 Å². The lowest BCUT2D eigenvalue weighted by Gasteiger charge is -2.43. The van der Waals surface area contributed by atoms with Crippen molar-refractivity contribution >= 4 is 18.7 Å². The van der Waals surface area contributed by atoms with Gasteiger partial charge in [0.15, 0.2) is 0 Å². The summed E-state index contributed by atoms with van der Waals surface area (Å²) in [6.45, 7) is 10.6. The molecule has 0 saturated carbocycles. The van der Waals surface area contributed by atoms with Gasteiger partial charge in [-0.05, 0) is 21.8 Å². The Hall–Kier alpha value is -1.42. The second kappa shape index (κ2) is 6.47. The number of epoxide rings is 1. The molecule has 1 aliphatic rings. The van der Waals surface area contributed by atoms with E-state index in [1.54, 1.807) is 0 Å². The van der Waals surface area contributed by atoms with Gasteiger partial charge in [0.05, 0.1) is 13.2 Å². The van der Waals surface area contributed by atoms with Crippen LogP contribution in [-0.2, 0) is 9.16 Å². The van der Waals surface area contributed by atoms with Gasteiger partial charge in [0.2, 0.25) is 0 Å². The maximum Gasteiger partial charge on any atom is 0.261 e. The lowest BCUT2D eigenvalue weighted by Crippen LogP contribution is -2.67. The van der Waals surface area contributed by atoms with Gasteiger partial charge in [0.1, 0.15) is 5.60 Å². The van der Waals surface area contributed by atoms with Gasteiger partial charge in [-0.25, -0.2) is 0 Å². The van der Waals surface area contributed by atoms with E-state index in [0.29, 0.717) is 6.61 Å². The van der Waals surface area contributed by atoms with Gasteiger partial charge >= 0.3 is 0 Å². The zero-order valence-corrected chi connectivity index (χ0v) is 16.2. The van der Waals surface area contributed by atoms with Crippen LogP contribution in [0.2, 0.25) is 5.04 Å². The first kappa shape index (κ1) is 17.4. The summed E-state index contributed by atoms with van der Waals surface area (Å²) >= 11 is 0. The quantitative estimate of drug-likeness (QED) is 0.590. The number of hydrogen-bond acceptors (Lipinski definition) is 2. The van der Waals surface area contributed by atoms with Crippen LogP contribution in [0.4, 0.5) is 0 Å². The molecule has 0 spiro atoms. The first-order valence-electron chi connectivity index (χ1n) is 8.82. The molecule has 1 heterocycles. The second-order valence-corrected chi connectivity index (χ2v) is 12.1. The smallest absolute Gasteiger partial charge is 0.261 e. The third kappa shape index (κ3) is 3.08. The lowest BCUT2D eigenvalue weighted by atomic mass is 10.1. The molecule has 2 nitrogen and oxygen atoms in total. The average Bonchev–Trinajstić information content (AvgIpc) is 3.37. The summed E-state index contributed by atoms with van der Waals surface area (Å²) in [5.41, 5.74) is -0.0624. The minimum absolute atomic E-state index is 0.0273. The highest BCUT2D eigenvalue weighted by molar-refractivity contribution is 6.99. The van der Waals surface area contributed by atoms with E-state index < -0.39 is 8.32 Å². The average molecular weight is 341 g/mol. The van der Waals surface area contributed by atoms with E-state index in [-0.39, 0.29) is 10.6 Å². The van der Waals surface area contributed by atoms with Crippen LogP contribution < -0.4 is 10.4 Å². The fourth-order valence-corrected chi connectivity index (χ4v) is 8.13. The van der Waals surface area contributed by atoms with E-state index >= 15 is 0 Å². The molecule has 0 unspecified atom stereocenters. The Morgan fingerprint density at radius 1 is 0.958 bits per heavy atom. The Bertz CT molecular complexity index is 618. The van der Waals surface area contributed by atoms with Crippen LogP contribution in [0.25, 0.3) is 0 Å². The fraction of sp³-hybridized carbons (Fsp3) is 0.429. The Labute approximate surface area is 146 Å². The summed E-state index contributed by atoms with van der Waals surface area (Å²) in [7, 11) is -2.42. The lowest BCUT2D eigenvalue weighted by molar-refractivity contribution is 0.176. The zero-order valence-electron chi connectivity index (χ0n) is 15.2. The summed E-state index contributed by atoms with van der Waals surface area (Å²) < 4.78 is 12.6. The van der Waals surface area contributed by atoms with Gasteiger partial charge in [-0.3, -0.25) is 0 Å². The summed E-state index contributed by atoms with van der Waals surface area (Å²) in [4.78, 5) is 0. The molecule has 1 fully saturated rings. The molecular formula is C21H28O2Si. The SMILES string of the molecule is CC[C@]1(CO[Si](c2ccccc2)(c2ccccc2)C(C)(C)C)CO1. The fourth-order valence-electron chi connectivity index (χ4n) is 3.49. The molecule has 3 heteroatoms. The van der Waals surface area contributed by atoms with Gasteiger partial charge in [-0.15, -0.1) is 0 Å². The van der Waals surface area contributed by atoms with Crippen LogP contribution in [0.15, 0.2) is 60.7 Å². The molecule has 3 rings (SSSR count). The van der Waals surface area contributed by atoms with Crippen LogP contribution >= 0.6 is 0 Å². The van der Waals surface area contributed by atoms with Gasteiger partial charge in [-0.2, -0.15) is 0 Å². The van der Waals surface area contributed by atoms with Gasteiger partial charge in [0, 0.05) is 0 Å². The van der Waals surface area contributed by atoms with Crippen molar-refractivity contribution in [1.82, 2.24) is 0 Å². The minimum Gasteiger partial charge on any atom is -0.404 e. The minimum atomic E-state index is -2.42. The van der Waals surface area contributed by atoms with E-state index in [9.17, 15) is 0 Å². The van der Waals surface area contributed by atoms with Crippen LogP contribution in [0.3, 0.4) is 0 Å². The Morgan fingerprint density at radius 3 is 1.75 bits per heavy atom. The number of rotatable bonds is 6. The standard InChI is InChI=1S/C21H28O2Si/c1-5-21(16-22-21)17-23-24(20(2,3)4,18-12-8-6-9-13-18)19-14-10-7-11-15-19/h6-15H,5,16-17H2,1-4H3/t21-/m1/s1. The summed E-state index contributed by atoms with van der Waals surface area (Å²) in [5.74, 6) is 0. The number of ether oxygens (including phenoxy) is 1. The highest BCUT2D eigenvalue weighted by Crippen LogP contribution is 2.39. The molecule has 1 aliphatic heterocycles. The molecule has 0 amide bonds. The van der Waals surface area contributed by atoms with E-state index in [0.717, 1.165) is 13.0 Å². The first-order valence-corrected chi connectivity index (χ1v) is 10.7.